The third kappa shape index (κ3) is 3.40. The van der Waals surface area contributed by atoms with Crippen molar-refractivity contribution in [2.75, 3.05) is 13.7 Å². The molecule has 0 radical (unpaired) electrons. The SMILES string of the molecule is CCOc1ccc(C(=O)NC2CCCC2)cc1OC. The van der Waals surface area contributed by atoms with Crippen molar-refractivity contribution >= 4 is 5.91 Å². The number of nitrogens with one attached hydrogen (secondary N) is 1. The van der Waals surface area contributed by atoms with Crippen molar-refractivity contribution in [2.24, 2.45) is 0 Å². The summed E-state index contributed by atoms with van der Waals surface area (Å²) in [7, 11) is 1.58. The summed E-state index contributed by atoms with van der Waals surface area (Å²) in [6.45, 7) is 2.49. The third-order valence-corrected chi connectivity index (χ3v) is 3.42. The van der Waals surface area contributed by atoms with Gasteiger partial charge in [-0.25, -0.2) is 0 Å². The lowest BCUT2D eigenvalue weighted by Gasteiger charge is -2.14. The zero-order valence-electron chi connectivity index (χ0n) is 11.6. The van der Waals surface area contributed by atoms with E-state index in [1.807, 2.05) is 6.92 Å². The van der Waals surface area contributed by atoms with Gasteiger partial charge < -0.3 is 14.8 Å². The standard InChI is InChI=1S/C15H21NO3/c1-3-19-13-9-8-11(10-14(13)18-2)15(17)16-12-6-4-5-7-12/h8-10,12H,3-7H2,1-2H3,(H,16,17). The molecule has 104 valence electrons. The highest BCUT2D eigenvalue weighted by molar-refractivity contribution is 5.95. The van der Waals surface area contributed by atoms with Crippen LogP contribution in [0.15, 0.2) is 18.2 Å². The normalized spacial score (nSPS) is 15.3. The number of benzene rings is 1. The summed E-state index contributed by atoms with van der Waals surface area (Å²) in [6, 6.07) is 5.61. The van der Waals surface area contributed by atoms with Gasteiger partial charge in [0.25, 0.3) is 5.91 Å². The van der Waals surface area contributed by atoms with E-state index < -0.39 is 0 Å². The Hall–Kier alpha value is -1.71. The van der Waals surface area contributed by atoms with E-state index in [1.165, 1.54) is 12.8 Å². The summed E-state index contributed by atoms with van der Waals surface area (Å²) in [5.74, 6) is 1.23. The molecule has 1 amide bonds. The fourth-order valence-corrected chi connectivity index (χ4v) is 2.42. The molecule has 0 saturated heterocycles. The summed E-state index contributed by atoms with van der Waals surface area (Å²) in [5, 5.41) is 3.06. The average molecular weight is 263 g/mol. The monoisotopic (exact) mass is 263 g/mol. The Labute approximate surface area is 114 Å². The van der Waals surface area contributed by atoms with Crippen LogP contribution in [0, 0.1) is 0 Å². The Morgan fingerprint density at radius 2 is 2.05 bits per heavy atom. The van der Waals surface area contributed by atoms with E-state index in [0.29, 0.717) is 29.7 Å². The molecule has 4 nitrogen and oxygen atoms in total. The molecule has 0 aromatic heterocycles. The van der Waals surface area contributed by atoms with Gasteiger partial charge in [-0.15, -0.1) is 0 Å². The Morgan fingerprint density at radius 1 is 1.32 bits per heavy atom. The highest BCUT2D eigenvalue weighted by Crippen LogP contribution is 2.28. The van der Waals surface area contributed by atoms with Crippen LogP contribution < -0.4 is 14.8 Å². The highest BCUT2D eigenvalue weighted by atomic mass is 16.5. The molecular formula is C15H21NO3. The molecule has 4 heteroatoms. The lowest BCUT2D eigenvalue weighted by Crippen LogP contribution is -2.32. The fraction of sp³-hybridized carbons (Fsp3) is 0.533. The number of rotatable bonds is 5. The van der Waals surface area contributed by atoms with E-state index in [9.17, 15) is 4.79 Å². The maximum Gasteiger partial charge on any atom is 0.251 e. The van der Waals surface area contributed by atoms with Crippen LogP contribution >= 0.6 is 0 Å². The molecule has 1 saturated carbocycles. The van der Waals surface area contributed by atoms with Gasteiger partial charge in [0, 0.05) is 11.6 Å². The summed E-state index contributed by atoms with van der Waals surface area (Å²) >= 11 is 0. The van der Waals surface area contributed by atoms with E-state index in [4.69, 9.17) is 9.47 Å². The lowest BCUT2D eigenvalue weighted by atomic mass is 10.1. The lowest BCUT2D eigenvalue weighted by molar-refractivity contribution is 0.0937. The average Bonchev–Trinajstić information content (AvgIpc) is 2.92. The number of carbonyl (C=O) groups excluding carboxylic acids is 1. The van der Waals surface area contributed by atoms with Gasteiger partial charge >= 0.3 is 0 Å². The molecular weight excluding hydrogens is 242 g/mol. The predicted molar refractivity (Wildman–Crippen MR) is 73.9 cm³/mol. The van der Waals surface area contributed by atoms with Gasteiger partial charge in [0.1, 0.15) is 0 Å². The molecule has 0 heterocycles. The third-order valence-electron chi connectivity index (χ3n) is 3.42. The first-order valence-corrected chi connectivity index (χ1v) is 6.86. The number of methoxy groups -OCH3 is 1. The van der Waals surface area contributed by atoms with Crippen molar-refractivity contribution in [1.29, 1.82) is 0 Å². The highest BCUT2D eigenvalue weighted by Gasteiger charge is 2.18. The summed E-state index contributed by atoms with van der Waals surface area (Å²) in [6.07, 6.45) is 4.58. The number of hydrogen-bond acceptors (Lipinski definition) is 3. The maximum atomic E-state index is 12.1. The fourth-order valence-electron chi connectivity index (χ4n) is 2.42. The molecule has 0 spiro atoms. The summed E-state index contributed by atoms with van der Waals surface area (Å²) < 4.78 is 10.7. The van der Waals surface area contributed by atoms with Crippen LogP contribution in [0.5, 0.6) is 11.5 Å². The molecule has 19 heavy (non-hydrogen) atoms. The van der Waals surface area contributed by atoms with Crippen LogP contribution in [0.1, 0.15) is 43.0 Å². The van der Waals surface area contributed by atoms with Crippen molar-refractivity contribution in [3.63, 3.8) is 0 Å². The van der Waals surface area contributed by atoms with E-state index in [-0.39, 0.29) is 5.91 Å². The summed E-state index contributed by atoms with van der Waals surface area (Å²) in [5.41, 5.74) is 0.618. The van der Waals surface area contributed by atoms with Gasteiger partial charge in [-0.2, -0.15) is 0 Å². The topological polar surface area (TPSA) is 47.6 Å². The Balaban J connectivity index is 2.08. The molecule has 1 aliphatic rings. The molecule has 1 aromatic rings. The van der Waals surface area contributed by atoms with Gasteiger partial charge in [-0.1, -0.05) is 12.8 Å². The van der Waals surface area contributed by atoms with E-state index >= 15 is 0 Å². The van der Waals surface area contributed by atoms with Crippen molar-refractivity contribution in [2.45, 2.75) is 38.6 Å². The molecule has 1 fully saturated rings. The largest absolute Gasteiger partial charge is 0.493 e. The van der Waals surface area contributed by atoms with Crippen molar-refractivity contribution in [1.82, 2.24) is 5.32 Å². The minimum Gasteiger partial charge on any atom is -0.493 e. The minimum absolute atomic E-state index is 0.0340. The van der Waals surface area contributed by atoms with Gasteiger partial charge in [-0.05, 0) is 38.0 Å². The second-order valence-electron chi connectivity index (χ2n) is 4.75. The molecule has 0 atom stereocenters. The van der Waals surface area contributed by atoms with Crippen molar-refractivity contribution < 1.29 is 14.3 Å². The molecule has 1 aliphatic carbocycles. The van der Waals surface area contributed by atoms with Crippen LogP contribution in [-0.2, 0) is 0 Å². The molecule has 0 aliphatic heterocycles. The molecule has 0 unspecified atom stereocenters. The number of carbonyl (C=O) groups is 1. The first-order chi connectivity index (χ1) is 9.24. The van der Waals surface area contributed by atoms with Crippen LogP contribution in [0.4, 0.5) is 0 Å². The predicted octanol–water partition coefficient (Wildman–Crippen LogP) is 2.77. The van der Waals surface area contributed by atoms with Gasteiger partial charge in [-0.3, -0.25) is 4.79 Å². The van der Waals surface area contributed by atoms with Crippen molar-refractivity contribution in [3.05, 3.63) is 23.8 Å². The minimum atomic E-state index is -0.0340. The maximum absolute atomic E-state index is 12.1. The first kappa shape index (κ1) is 13.7. The van der Waals surface area contributed by atoms with Crippen LogP contribution in [0.2, 0.25) is 0 Å². The second-order valence-corrected chi connectivity index (χ2v) is 4.75. The molecule has 0 bridgehead atoms. The van der Waals surface area contributed by atoms with Crippen LogP contribution in [0.25, 0.3) is 0 Å². The zero-order valence-corrected chi connectivity index (χ0v) is 11.6. The smallest absolute Gasteiger partial charge is 0.251 e. The second kappa shape index (κ2) is 6.45. The van der Waals surface area contributed by atoms with Crippen LogP contribution in [0.3, 0.4) is 0 Å². The summed E-state index contributed by atoms with van der Waals surface area (Å²) in [4.78, 5) is 12.1. The molecule has 2 rings (SSSR count). The van der Waals surface area contributed by atoms with Gasteiger partial charge in [0.15, 0.2) is 11.5 Å². The van der Waals surface area contributed by atoms with Gasteiger partial charge in [0.2, 0.25) is 0 Å². The number of ether oxygens (including phenoxy) is 2. The molecule has 1 N–H and O–H groups in total. The Morgan fingerprint density at radius 3 is 2.68 bits per heavy atom. The van der Waals surface area contributed by atoms with E-state index in [2.05, 4.69) is 5.32 Å². The zero-order chi connectivity index (χ0) is 13.7. The quantitative estimate of drug-likeness (QED) is 0.888. The Kier molecular flexibility index (Phi) is 4.66. The number of hydrogen-bond donors (Lipinski definition) is 1. The first-order valence-electron chi connectivity index (χ1n) is 6.86. The molecule has 1 aromatic carbocycles. The van der Waals surface area contributed by atoms with Crippen LogP contribution in [-0.4, -0.2) is 25.7 Å². The Bertz CT molecular complexity index is 439. The van der Waals surface area contributed by atoms with E-state index in [1.54, 1.807) is 25.3 Å². The number of amides is 1. The van der Waals surface area contributed by atoms with Crippen molar-refractivity contribution in [3.8, 4) is 11.5 Å². The van der Waals surface area contributed by atoms with Gasteiger partial charge in [0.05, 0.1) is 13.7 Å². The van der Waals surface area contributed by atoms with E-state index in [0.717, 1.165) is 12.8 Å².